The summed E-state index contributed by atoms with van der Waals surface area (Å²) in [6.45, 7) is 2.02. The smallest absolute Gasteiger partial charge is 0.432 e. The van der Waals surface area contributed by atoms with Gasteiger partial charge in [-0.15, -0.1) is 0 Å². The van der Waals surface area contributed by atoms with Crippen molar-refractivity contribution in [3.05, 3.63) is 82.9 Å². The number of esters is 1. The van der Waals surface area contributed by atoms with E-state index in [0.29, 0.717) is 35.3 Å². The van der Waals surface area contributed by atoms with Gasteiger partial charge in [-0.25, -0.2) is 4.79 Å². The molecule has 1 aliphatic heterocycles. The maximum atomic E-state index is 13.8. The van der Waals surface area contributed by atoms with Crippen LogP contribution in [0, 0.1) is 0 Å². The topological polar surface area (TPSA) is 150 Å². The molecule has 254 valence electrons. The molecular weight excluding hydrogens is 645 g/mol. The number of halogens is 3. The van der Waals surface area contributed by atoms with E-state index in [0.717, 1.165) is 34.8 Å². The van der Waals surface area contributed by atoms with Gasteiger partial charge in [-0.2, -0.15) is 13.2 Å². The van der Waals surface area contributed by atoms with Crippen molar-refractivity contribution in [3.63, 3.8) is 0 Å². The van der Waals surface area contributed by atoms with Crippen LogP contribution in [-0.4, -0.2) is 61.0 Å². The zero-order valence-electron chi connectivity index (χ0n) is 26.7. The van der Waals surface area contributed by atoms with Gasteiger partial charge >= 0.3 is 12.1 Å². The monoisotopic (exact) mass is 676 g/mol. The van der Waals surface area contributed by atoms with E-state index < -0.39 is 35.1 Å². The maximum Gasteiger partial charge on any atom is 0.432 e. The number of amides is 1. The summed E-state index contributed by atoms with van der Waals surface area (Å²) in [4.78, 5) is 43.2. The van der Waals surface area contributed by atoms with Crippen molar-refractivity contribution < 1.29 is 46.6 Å². The third-order valence-electron chi connectivity index (χ3n) is 8.59. The molecule has 1 atom stereocenters. The second-order valence-electron chi connectivity index (χ2n) is 11.4. The summed E-state index contributed by atoms with van der Waals surface area (Å²) in [6, 6.07) is 15.7. The average Bonchev–Trinajstić information content (AvgIpc) is 3.88. The minimum absolute atomic E-state index is 0.0818. The molecule has 0 unspecified atom stereocenters. The number of rotatable bonds is 6. The lowest BCUT2D eigenvalue weighted by atomic mass is 9.92. The Morgan fingerprint density at radius 3 is 2.51 bits per heavy atom. The molecule has 3 aromatic carbocycles. The molecule has 49 heavy (non-hydrogen) atoms. The van der Waals surface area contributed by atoms with Crippen LogP contribution in [0.2, 0.25) is 0 Å². The Hall–Kier alpha value is -5.92. The second-order valence-corrected chi connectivity index (χ2v) is 11.4. The highest BCUT2D eigenvalue weighted by Crippen LogP contribution is 2.49. The fourth-order valence-electron chi connectivity index (χ4n) is 6.23. The van der Waals surface area contributed by atoms with Crippen molar-refractivity contribution in [2.75, 3.05) is 38.0 Å². The van der Waals surface area contributed by atoms with Crippen molar-refractivity contribution in [3.8, 4) is 11.5 Å². The molecule has 0 radical (unpaired) electrons. The number of hydrogen-bond acceptors (Lipinski definition) is 8. The van der Waals surface area contributed by atoms with E-state index in [1.165, 1.54) is 11.0 Å². The van der Waals surface area contributed by atoms with Gasteiger partial charge in [0.05, 0.1) is 31.0 Å². The summed E-state index contributed by atoms with van der Waals surface area (Å²) >= 11 is 0. The van der Waals surface area contributed by atoms with E-state index in [-0.39, 0.29) is 29.1 Å². The lowest BCUT2D eigenvalue weighted by Crippen LogP contribution is -2.30. The third kappa shape index (κ3) is 5.79. The number of phenols is 1. The lowest BCUT2D eigenvalue weighted by molar-refractivity contribution is -0.141. The molecule has 11 nitrogen and oxygen atoms in total. The van der Waals surface area contributed by atoms with Gasteiger partial charge in [0, 0.05) is 59.0 Å². The normalized spacial score (nSPS) is 14.1. The van der Waals surface area contributed by atoms with Crippen LogP contribution in [0.5, 0.6) is 11.5 Å². The van der Waals surface area contributed by atoms with Crippen molar-refractivity contribution in [2.24, 2.45) is 0 Å². The number of nitrogens with one attached hydrogen (secondary N) is 3. The zero-order valence-corrected chi connectivity index (χ0v) is 26.7. The SMILES string of the molecule is CC[C@@H]1CN(C(=O)c2cc3cc(NC)ccc3[nH]2)c2cc(O)c3[nH]c(C(F)(F)F)c(C(=O)OC)c3c21.COc1ccc2cc(C=O)oc2c1. The van der Waals surface area contributed by atoms with Crippen LogP contribution in [0.1, 0.15) is 61.9 Å². The standard InChI is InChI=1S/C25H23F3N4O4.C10H8O3/c1-4-11-10-32(23(34)15-8-12-7-13(29-2)5-6-14(12)30-15)16-9-17(33)21-19(18(11)16)20(24(35)36-3)22(31-21)25(26,27)28;1-12-8-3-2-7-4-9(6-11)13-10(7)5-8/h5-9,11,29-31,33H,4,10H2,1-3H3;2-6H,1H3/t11-;/m1./s1. The quantitative estimate of drug-likeness (QED) is 0.104. The number of hydrogen-bond donors (Lipinski definition) is 4. The fraction of sp³-hybridized carbons (Fsp3) is 0.229. The molecule has 6 aromatic rings. The van der Waals surface area contributed by atoms with Gasteiger partial charge in [-0.1, -0.05) is 6.92 Å². The van der Waals surface area contributed by atoms with Gasteiger partial charge in [-0.3, -0.25) is 9.59 Å². The highest BCUT2D eigenvalue weighted by Gasteiger charge is 2.43. The van der Waals surface area contributed by atoms with E-state index in [2.05, 4.69) is 20.0 Å². The molecule has 4 N–H and O–H groups in total. The number of carbonyl (C=O) groups is 3. The Morgan fingerprint density at radius 2 is 1.86 bits per heavy atom. The van der Waals surface area contributed by atoms with E-state index in [9.17, 15) is 32.7 Å². The van der Waals surface area contributed by atoms with Crippen LogP contribution in [0.3, 0.4) is 0 Å². The second kappa shape index (κ2) is 12.6. The minimum atomic E-state index is -4.89. The van der Waals surface area contributed by atoms with E-state index in [1.807, 2.05) is 37.3 Å². The molecule has 4 heterocycles. The predicted octanol–water partition coefficient (Wildman–Crippen LogP) is 7.61. The first-order valence-corrected chi connectivity index (χ1v) is 15.1. The number of methoxy groups -OCH3 is 2. The largest absolute Gasteiger partial charge is 0.506 e. The Balaban J connectivity index is 0.000000267. The van der Waals surface area contributed by atoms with Crippen molar-refractivity contribution >= 4 is 62.3 Å². The number of aromatic hydroxyl groups is 1. The van der Waals surface area contributed by atoms with Gasteiger partial charge < -0.3 is 39.2 Å². The fourth-order valence-corrected chi connectivity index (χ4v) is 6.23. The van der Waals surface area contributed by atoms with Gasteiger partial charge in [0.2, 0.25) is 0 Å². The van der Waals surface area contributed by atoms with E-state index in [4.69, 9.17) is 9.15 Å². The zero-order chi connectivity index (χ0) is 35.2. The van der Waals surface area contributed by atoms with E-state index in [1.54, 1.807) is 32.4 Å². The predicted molar refractivity (Wildman–Crippen MR) is 177 cm³/mol. The molecule has 14 heteroatoms. The number of fused-ring (bicyclic) bond motifs is 5. The highest BCUT2D eigenvalue weighted by atomic mass is 19.4. The van der Waals surface area contributed by atoms with Crippen LogP contribution in [0.15, 0.2) is 59.0 Å². The number of benzene rings is 3. The molecule has 3 aromatic heterocycles. The van der Waals surface area contributed by atoms with Crippen LogP contribution >= 0.6 is 0 Å². The summed E-state index contributed by atoms with van der Waals surface area (Å²) in [5, 5.41) is 15.4. The summed E-state index contributed by atoms with van der Waals surface area (Å²) in [5.74, 6) is -1.40. The van der Waals surface area contributed by atoms with E-state index >= 15 is 0 Å². The summed E-state index contributed by atoms with van der Waals surface area (Å²) in [6.07, 6.45) is -3.72. The number of ether oxygens (including phenoxy) is 2. The Bertz CT molecular complexity index is 2250. The van der Waals surface area contributed by atoms with Crippen LogP contribution < -0.4 is 15.0 Å². The number of nitrogens with zero attached hydrogens (tertiary/aromatic N) is 1. The summed E-state index contributed by atoms with van der Waals surface area (Å²) in [5.41, 5.74) is 0.987. The molecular formula is C35H31F3N4O7. The lowest BCUT2D eigenvalue weighted by Gasteiger charge is -2.17. The van der Waals surface area contributed by atoms with Gasteiger partial charge in [-0.05, 0) is 54.4 Å². The third-order valence-corrected chi connectivity index (χ3v) is 8.59. The molecule has 0 saturated carbocycles. The van der Waals surface area contributed by atoms with Crippen molar-refractivity contribution in [2.45, 2.75) is 25.4 Å². The first-order valence-electron chi connectivity index (χ1n) is 15.1. The first-order chi connectivity index (χ1) is 23.4. The molecule has 7 rings (SSSR count). The van der Waals surface area contributed by atoms with Crippen LogP contribution in [0.25, 0.3) is 32.8 Å². The van der Waals surface area contributed by atoms with Crippen LogP contribution in [0.4, 0.5) is 24.5 Å². The maximum absolute atomic E-state index is 13.8. The minimum Gasteiger partial charge on any atom is -0.506 e. The van der Waals surface area contributed by atoms with Crippen LogP contribution in [-0.2, 0) is 10.9 Å². The number of aromatic nitrogens is 2. The van der Waals surface area contributed by atoms with Gasteiger partial charge in [0.25, 0.3) is 5.91 Å². The Morgan fingerprint density at radius 1 is 1.08 bits per heavy atom. The number of phenolic OH excluding ortho intramolecular Hbond substituents is 1. The molecule has 0 bridgehead atoms. The molecule has 0 fully saturated rings. The molecule has 1 amide bonds. The number of furan rings is 1. The van der Waals surface area contributed by atoms with Gasteiger partial charge in [0.15, 0.2) is 12.0 Å². The highest BCUT2D eigenvalue weighted by molar-refractivity contribution is 6.15. The summed E-state index contributed by atoms with van der Waals surface area (Å²) < 4.78 is 56.4. The number of anilines is 2. The Kier molecular flexibility index (Phi) is 8.48. The first kappa shape index (κ1) is 33.0. The van der Waals surface area contributed by atoms with Crippen molar-refractivity contribution in [1.82, 2.24) is 9.97 Å². The number of alkyl halides is 3. The summed E-state index contributed by atoms with van der Waals surface area (Å²) in [7, 11) is 4.37. The average molecular weight is 677 g/mol. The number of carbonyl (C=O) groups excluding carboxylic acids is 3. The van der Waals surface area contributed by atoms with Gasteiger partial charge in [0.1, 0.15) is 28.5 Å². The molecule has 0 spiro atoms. The number of aldehydes is 1. The number of aromatic amines is 2. The molecule has 1 aliphatic rings. The number of H-pyrrole nitrogens is 2. The molecule has 0 saturated heterocycles. The Labute approximate surface area is 276 Å². The van der Waals surface area contributed by atoms with Crippen molar-refractivity contribution in [1.29, 1.82) is 0 Å². The molecule has 0 aliphatic carbocycles.